The van der Waals surface area contributed by atoms with Crippen molar-refractivity contribution >= 4 is 22.2 Å². The van der Waals surface area contributed by atoms with Crippen molar-refractivity contribution in [2.45, 2.75) is 12.0 Å². The van der Waals surface area contributed by atoms with Crippen LogP contribution < -0.4 is 0 Å². The van der Waals surface area contributed by atoms with Crippen LogP contribution in [0.25, 0.3) is 33.0 Å². The average Bonchev–Trinajstić information content (AvgIpc) is 3.23. The first-order chi connectivity index (χ1) is 19.2. The molecular formula is C37H27NO. The number of hydrogen-bond donors (Lipinski definition) is 1. The minimum Gasteiger partial charge on any atom is -0.378 e. The molecule has 0 fully saturated rings. The first-order valence-electron chi connectivity index (χ1n) is 13.3. The van der Waals surface area contributed by atoms with E-state index in [1.807, 2.05) is 36.4 Å². The lowest BCUT2D eigenvalue weighted by Crippen LogP contribution is -2.35. The molecule has 0 heterocycles. The Morgan fingerprint density at radius 3 is 1.64 bits per heavy atom. The molecule has 0 radical (unpaired) electrons. The summed E-state index contributed by atoms with van der Waals surface area (Å²) in [5.41, 5.74) is 7.51. The van der Waals surface area contributed by atoms with Gasteiger partial charge in [0.25, 0.3) is 0 Å². The highest BCUT2D eigenvalue weighted by atomic mass is 16.3. The van der Waals surface area contributed by atoms with Crippen LogP contribution in [0.4, 0.5) is 5.69 Å². The molecule has 0 saturated carbocycles. The highest BCUT2D eigenvalue weighted by Gasteiger charge is 2.44. The van der Waals surface area contributed by atoms with E-state index in [0.717, 1.165) is 55.4 Å². The van der Waals surface area contributed by atoms with E-state index in [1.165, 1.54) is 0 Å². The van der Waals surface area contributed by atoms with Crippen molar-refractivity contribution < 1.29 is 5.11 Å². The molecule has 1 aliphatic carbocycles. The fourth-order valence-electron chi connectivity index (χ4n) is 5.93. The van der Waals surface area contributed by atoms with Gasteiger partial charge in [0.2, 0.25) is 0 Å². The number of aliphatic imine (C=N–C) groups is 1. The molecule has 6 aromatic carbocycles. The van der Waals surface area contributed by atoms with Crippen LogP contribution in [0.1, 0.15) is 16.7 Å². The summed E-state index contributed by atoms with van der Waals surface area (Å²) in [6.07, 6.45) is 0.439. The Kier molecular flexibility index (Phi) is 5.69. The normalized spacial score (nSPS) is 17.1. The second-order valence-corrected chi connectivity index (χ2v) is 10.1. The lowest BCUT2D eigenvalue weighted by molar-refractivity contribution is 0.116. The van der Waals surface area contributed by atoms with Crippen LogP contribution in [0.3, 0.4) is 0 Å². The third-order valence-electron chi connectivity index (χ3n) is 7.73. The Morgan fingerprint density at radius 1 is 0.513 bits per heavy atom. The summed E-state index contributed by atoms with van der Waals surface area (Å²) < 4.78 is 0. The molecule has 0 saturated heterocycles. The Morgan fingerprint density at radius 2 is 1.03 bits per heavy atom. The highest BCUT2D eigenvalue weighted by molar-refractivity contribution is 6.23. The Balaban J connectivity index is 1.53. The predicted octanol–water partition coefficient (Wildman–Crippen LogP) is 8.74. The maximum atomic E-state index is 12.7. The van der Waals surface area contributed by atoms with E-state index in [4.69, 9.17) is 4.99 Å². The fourth-order valence-corrected chi connectivity index (χ4v) is 5.93. The Hall–Kier alpha value is -4.79. The lowest BCUT2D eigenvalue weighted by Gasteiger charge is -2.27. The molecule has 1 unspecified atom stereocenters. The van der Waals surface area contributed by atoms with E-state index in [1.54, 1.807) is 0 Å². The van der Waals surface area contributed by atoms with Gasteiger partial charge in [-0.1, -0.05) is 146 Å². The number of aliphatic hydroxyl groups is 1. The molecule has 0 spiro atoms. The topological polar surface area (TPSA) is 32.6 Å². The molecule has 39 heavy (non-hydrogen) atoms. The van der Waals surface area contributed by atoms with Gasteiger partial charge in [0.1, 0.15) is 5.60 Å². The lowest BCUT2D eigenvalue weighted by atomic mass is 9.86. The Labute approximate surface area is 228 Å². The van der Waals surface area contributed by atoms with Crippen molar-refractivity contribution in [1.29, 1.82) is 0 Å². The van der Waals surface area contributed by atoms with E-state index in [-0.39, 0.29) is 0 Å². The number of benzene rings is 6. The molecule has 1 N–H and O–H groups in total. The molecule has 0 bridgehead atoms. The van der Waals surface area contributed by atoms with Gasteiger partial charge in [0.15, 0.2) is 0 Å². The van der Waals surface area contributed by atoms with Crippen LogP contribution in [-0.4, -0.2) is 10.8 Å². The van der Waals surface area contributed by atoms with Crippen molar-refractivity contribution in [2.75, 3.05) is 0 Å². The van der Waals surface area contributed by atoms with E-state index in [9.17, 15) is 5.11 Å². The first kappa shape index (κ1) is 23.3. The largest absolute Gasteiger partial charge is 0.378 e. The molecule has 1 atom stereocenters. The average molecular weight is 502 g/mol. The van der Waals surface area contributed by atoms with Crippen LogP contribution >= 0.6 is 0 Å². The molecule has 2 nitrogen and oxygen atoms in total. The van der Waals surface area contributed by atoms with E-state index >= 15 is 0 Å². The van der Waals surface area contributed by atoms with Crippen LogP contribution in [0.2, 0.25) is 0 Å². The van der Waals surface area contributed by atoms with Crippen molar-refractivity contribution in [1.82, 2.24) is 0 Å². The van der Waals surface area contributed by atoms with Crippen molar-refractivity contribution in [3.05, 3.63) is 162 Å². The monoisotopic (exact) mass is 501 g/mol. The molecule has 186 valence electrons. The van der Waals surface area contributed by atoms with Gasteiger partial charge in [-0.3, -0.25) is 0 Å². The van der Waals surface area contributed by atoms with Crippen LogP contribution in [0.5, 0.6) is 0 Å². The van der Waals surface area contributed by atoms with Crippen molar-refractivity contribution in [3.8, 4) is 22.3 Å². The zero-order valence-electron chi connectivity index (χ0n) is 21.5. The van der Waals surface area contributed by atoms with Crippen LogP contribution in [0.15, 0.2) is 151 Å². The number of hydrogen-bond acceptors (Lipinski definition) is 2. The zero-order chi connectivity index (χ0) is 26.2. The van der Waals surface area contributed by atoms with Crippen LogP contribution in [-0.2, 0) is 12.0 Å². The minimum absolute atomic E-state index is 0.439. The van der Waals surface area contributed by atoms with Crippen molar-refractivity contribution in [2.24, 2.45) is 4.99 Å². The second-order valence-electron chi connectivity index (χ2n) is 10.1. The standard InChI is InChI=1S/C37H27NO/c39-37(25-26-13-4-1-5-14-26)33-24-11-20-29-19-10-23-32(34(29)33)36(37)38-35-30(27-15-6-2-7-16-27)21-12-22-31(35)28-17-8-3-9-18-28/h1-24,39H,25H2. The molecule has 1 aliphatic rings. The number of nitrogens with zero attached hydrogens (tertiary/aromatic N) is 1. The molecule has 7 rings (SSSR count). The molecule has 0 aromatic heterocycles. The molecule has 6 aromatic rings. The van der Waals surface area contributed by atoms with E-state index in [0.29, 0.717) is 12.1 Å². The smallest absolute Gasteiger partial charge is 0.137 e. The summed E-state index contributed by atoms with van der Waals surface area (Å²) in [6.45, 7) is 0. The molecule has 0 amide bonds. The predicted molar refractivity (Wildman–Crippen MR) is 162 cm³/mol. The summed E-state index contributed by atoms with van der Waals surface area (Å²) in [4.78, 5) is 5.47. The molecule has 2 heteroatoms. The second kappa shape index (κ2) is 9.50. The van der Waals surface area contributed by atoms with E-state index in [2.05, 4.69) is 109 Å². The third-order valence-corrected chi connectivity index (χ3v) is 7.73. The van der Waals surface area contributed by atoms with Gasteiger partial charge >= 0.3 is 0 Å². The maximum Gasteiger partial charge on any atom is 0.137 e. The number of para-hydroxylation sites is 1. The number of rotatable bonds is 5. The summed E-state index contributed by atoms with van der Waals surface area (Å²) >= 11 is 0. The summed E-state index contributed by atoms with van der Waals surface area (Å²) in [7, 11) is 0. The van der Waals surface area contributed by atoms with Gasteiger partial charge in [0, 0.05) is 23.1 Å². The fraction of sp³-hybridized carbons (Fsp3) is 0.0541. The molecule has 0 aliphatic heterocycles. The third kappa shape index (κ3) is 3.98. The first-order valence-corrected chi connectivity index (χ1v) is 13.3. The maximum absolute atomic E-state index is 12.7. The van der Waals surface area contributed by atoms with Gasteiger partial charge in [-0.15, -0.1) is 0 Å². The minimum atomic E-state index is -1.28. The Bertz CT molecular complexity index is 1760. The van der Waals surface area contributed by atoms with Gasteiger partial charge < -0.3 is 5.11 Å². The van der Waals surface area contributed by atoms with E-state index < -0.39 is 5.60 Å². The highest BCUT2D eigenvalue weighted by Crippen LogP contribution is 2.47. The van der Waals surface area contributed by atoms with Gasteiger partial charge in [0.05, 0.1) is 11.4 Å². The summed E-state index contributed by atoms with van der Waals surface area (Å²) in [5.74, 6) is 0. The zero-order valence-corrected chi connectivity index (χ0v) is 21.5. The quantitative estimate of drug-likeness (QED) is 0.252. The summed E-state index contributed by atoms with van der Waals surface area (Å²) in [5, 5.41) is 14.9. The van der Waals surface area contributed by atoms with Gasteiger partial charge in [-0.2, -0.15) is 0 Å². The SMILES string of the molecule is OC1(Cc2ccccc2)C(=Nc2c(-c3ccccc3)cccc2-c2ccccc2)c2cccc3cccc1c23. The van der Waals surface area contributed by atoms with Gasteiger partial charge in [-0.05, 0) is 33.0 Å². The molecular weight excluding hydrogens is 474 g/mol. The van der Waals surface area contributed by atoms with Crippen molar-refractivity contribution in [3.63, 3.8) is 0 Å². The summed E-state index contributed by atoms with van der Waals surface area (Å²) in [6, 6.07) is 49.8. The van der Waals surface area contributed by atoms with Crippen LogP contribution in [0, 0.1) is 0 Å². The van der Waals surface area contributed by atoms with Gasteiger partial charge in [-0.25, -0.2) is 4.99 Å².